The predicted molar refractivity (Wildman–Crippen MR) is 103 cm³/mol. The molecular formula is C17H15BrN4O6. The Labute approximate surface area is 166 Å². The van der Waals surface area contributed by atoms with Crippen LogP contribution in [0.2, 0.25) is 0 Å². The molecule has 0 aliphatic carbocycles. The minimum atomic E-state index is -0.786. The van der Waals surface area contributed by atoms with Crippen molar-refractivity contribution in [1.29, 1.82) is 0 Å². The number of amides is 2. The van der Waals surface area contributed by atoms with Gasteiger partial charge in [0.2, 0.25) is 0 Å². The van der Waals surface area contributed by atoms with Gasteiger partial charge in [0.15, 0.2) is 0 Å². The molecule has 1 aliphatic rings. The number of benzene rings is 1. The third-order valence-corrected chi connectivity index (χ3v) is 4.80. The maximum Gasteiger partial charge on any atom is 0.294 e. The highest BCUT2D eigenvalue weighted by atomic mass is 79.9. The molecule has 3 rings (SSSR count). The molecule has 0 saturated heterocycles. The molecule has 2 aromatic rings. The topological polar surface area (TPSA) is 147 Å². The number of imide groups is 1. The summed E-state index contributed by atoms with van der Waals surface area (Å²) in [5.74, 6) is -1.60. The number of rotatable bonds is 6. The van der Waals surface area contributed by atoms with Gasteiger partial charge in [0.05, 0.1) is 27.1 Å². The van der Waals surface area contributed by atoms with Crippen LogP contribution in [0.5, 0.6) is 5.75 Å². The molecule has 2 heterocycles. The Morgan fingerprint density at radius 3 is 2.61 bits per heavy atom. The number of nitrogens with two attached hydrogens (primary N) is 1. The van der Waals surface area contributed by atoms with E-state index in [-0.39, 0.29) is 28.4 Å². The Morgan fingerprint density at radius 2 is 1.96 bits per heavy atom. The molecule has 0 unspecified atom stereocenters. The Hall–Kier alpha value is -3.21. The number of fused-ring (bicyclic) bond motifs is 1. The number of aromatic nitrogens is 1. The highest BCUT2D eigenvalue weighted by Crippen LogP contribution is 2.36. The minimum Gasteiger partial charge on any atom is -0.492 e. The minimum absolute atomic E-state index is 0.164. The molecule has 0 spiro atoms. The average molecular weight is 451 g/mol. The van der Waals surface area contributed by atoms with Gasteiger partial charge in [-0.05, 0) is 22.4 Å². The van der Waals surface area contributed by atoms with Gasteiger partial charge < -0.3 is 10.5 Å². The van der Waals surface area contributed by atoms with Crippen molar-refractivity contribution < 1.29 is 19.2 Å². The fourth-order valence-corrected chi connectivity index (χ4v) is 3.27. The van der Waals surface area contributed by atoms with Crippen LogP contribution in [0.4, 0.5) is 11.5 Å². The van der Waals surface area contributed by atoms with Gasteiger partial charge in [0.25, 0.3) is 23.1 Å². The van der Waals surface area contributed by atoms with Gasteiger partial charge in [-0.1, -0.05) is 13.3 Å². The van der Waals surface area contributed by atoms with E-state index in [4.69, 9.17) is 10.5 Å². The van der Waals surface area contributed by atoms with Crippen molar-refractivity contribution >= 4 is 39.2 Å². The molecule has 1 aromatic carbocycles. The van der Waals surface area contributed by atoms with Crippen molar-refractivity contribution in [3.63, 3.8) is 0 Å². The Bertz CT molecular complexity index is 1080. The second kappa shape index (κ2) is 7.43. The molecule has 2 amide bonds. The van der Waals surface area contributed by atoms with E-state index in [1.807, 2.05) is 12.2 Å². The molecule has 146 valence electrons. The molecular weight excluding hydrogens is 436 g/mol. The van der Waals surface area contributed by atoms with E-state index in [1.165, 1.54) is 12.1 Å². The quantitative estimate of drug-likeness (QED) is 0.296. The van der Waals surface area contributed by atoms with E-state index in [0.29, 0.717) is 11.1 Å². The van der Waals surface area contributed by atoms with Crippen LogP contribution in [-0.4, -0.2) is 27.9 Å². The molecule has 0 bridgehead atoms. The number of carbonyl (C=O) groups is 2. The van der Waals surface area contributed by atoms with Crippen molar-refractivity contribution in [1.82, 2.24) is 9.88 Å². The summed E-state index contributed by atoms with van der Waals surface area (Å²) in [5, 5.41) is 13.6. The SMILES string of the molecule is CCCCOc1cc(-n2c(N)c3c(cc2=O)C(=O)NC3=O)c([N+](=O)[O-])cc1Br. The van der Waals surface area contributed by atoms with Gasteiger partial charge in [0, 0.05) is 18.2 Å². The first-order valence-corrected chi connectivity index (χ1v) is 9.07. The highest BCUT2D eigenvalue weighted by Gasteiger charge is 2.33. The van der Waals surface area contributed by atoms with E-state index in [0.717, 1.165) is 23.5 Å². The van der Waals surface area contributed by atoms with Crippen LogP contribution in [0.3, 0.4) is 0 Å². The highest BCUT2D eigenvalue weighted by molar-refractivity contribution is 9.10. The van der Waals surface area contributed by atoms with E-state index in [2.05, 4.69) is 15.9 Å². The van der Waals surface area contributed by atoms with Crippen molar-refractivity contribution in [3.05, 3.63) is 54.3 Å². The van der Waals surface area contributed by atoms with Crippen molar-refractivity contribution in [2.45, 2.75) is 19.8 Å². The lowest BCUT2D eigenvalue weighted by Gasteiger charge is -2.15. The first kappa shape index (κ1) is 19.5. The molecule has 1 aliphatic heterocycles. The lowest BCUT2D eigenvalue weighted by molar-refractivity contribution is -0.384. The summed E-state index contributed by atoms with van der Waals surface area (Å²) in [7, 11) is 0. The molecule has 1 aromatic heterocycles. The van der Waals surface area contributed by atoms with Crippen LogP contribution in [0.15, 0.2) is 27.5 Å². The van der Waals surface area contributed by atoms with Crippen molar-refractivity contribution in [2.75, 3.05) is 12.3 Å². The summed E-state index contributed by atoms with van der Waals surface area (Å²) in [6.07, 6.45) is 1.65. The van der Waals surface area contributed by atoms with E-state index < -0.39 is 28.0 Å². The molecule has 11 heteroatoms. The zero-order valence-electron chi connectivity index (χ0n) is 14.7. The van der Waals surface area contributed by atoms with Crippen molar-refractivity contribution in [2.24, 2.45) is 0 Å². The lowest BCUT2D eigenvalue weighted by atomic mass is 10.1. The largest absolute Gasteiger partial charge is 0.492 e. The molecule has 0 fully saturated rings. The van der Waals surface area contributed by atoms with Gasteiger partial charge in [-0.3, -0.25) is 34.4 Å². The van der Waals surface area contributed by atoms with E-state index in [9.17, 15) is 24.5 Å². The third-order valence-electron chi connectivity index (χ3n) is 4.18. The Morgan fingerprint density at radius 1 is 1.25 bits per heavy atom. The van der Waals surface area contributed by atoms with Crippen LogP contribution >= 0.6 is 15.9 Å². The number of pyridine rings is 1. The second-order valence-corrected chi connectivity index (χ2v) is 6.86. The number of ether oxygens (including phenoxy) is 1. The number of hydrogen-bond acceptors (Lipinski definition) is 7. The average Bonchev–Trinajstić information content (AvgIpc) is 2.90. The number of carbonyl (C=O) groups excluding carboxylic acids is 2. The molecule has 0 saturated carbocycles. The van der Waals surface area contributed by atoms with Crippen LogP contribution in [0, 0.1) is 10.1 Å². The number of nitrogens with zero attached hydrogens (tertiary/aromatic N) is 2. The van der Waals surface area contributed by atoms with Gasteiger partial charge in [-0.2, -0.15) is 0 Å². The van der Waals surface area contributed by atoms with E-state index >= 15 is 0 Å². The maximum atomic E-state index is 12.6. The maximum absolute atomic E-state index is 12.6. The number of nitro benzene ring substituents is 1. The Kier molecular flexibility index (Phi) is 5.18. The summed E-state index contributed by atoms with van der Waals surface area (Å²) < 4.78 is 6.79. The van der Waals surface area contributed by atoms with Gasteiger partial charge >= 0.3 is 0 Å². The summed E-state index contributed by atoms with van der Waals surface area (Å²) in [5.41, 5.74) is 4.23. The zero-order chi connectivity index (χ0) is 20.6. The number of nitrogens with one attached hydrogen (secondary N) is 1. The summed E-state index contributed by atoms with van der Waals surface area (Å²) >= 11 is 3.22. The zero-order valence-corrected chi connectivity index (χ0v) is 16.2. The molecule has 3 N–H and O–H groups in total. The number of anilines is 1. The number of nitrogen functional groups attached to an aromatic ring is 1. The lowest BCUT2D eigenvalue weighted by Crippen LogP contribution is -2.24. The second-order valence-electron chi connectivity index (χ2n) is 6.01. The third kappa shape index (κ3) is 3.24. The normalized spacial score (nSPS) is 12.6. The first-order valence-electron chi connectivity index (χ1n) is 8.28. The monoisotopic (exact) mass is 450 g/mol. The summed E-state index contributed by atoms with van der Waals surface area (Å²) in [6, 6.07) is 3.42. The number of hydrogen-bond donors (Lipinski definition) is 2. The Balaban J connectivity index is 2.26. The van der Waals surface area contributed by atoms with Gasteiger partial charge in [-0.25, -0.2) is 0 Å². The first-order chi connectivity index (χ1) is 13.3. The van der Waals surface area contributed by atoms with E-state index in [1.54, 1.807) is 0 Å². The van der Waals surface area contributed by atoms with Crippen LogP contribution in [-0.2, 0) is 0 Å². The van der Waals surface area contributed by atoms with Gasteiger partial charge in [-0.15, -0.1) is 0 Å². The molecule has 10 nitrogen and oxygen atoms in total. The van der Waals surface area contributed by atoms with Crippen molar-refractivity contribution in [3.8, 4) is 11.4 Å². The number of unbranched alkanes of at least 4 members (excludes halogenated alkanes) is 1. The fraction of sp³-hybridized carbons (Fsp3) is 0.235. The molecule has 0 atom stereocenters. The van der Waals surface area contributed by atoms with Crippen LogP contribution in [0.25, 0.3) is 5.69 Å². The molecule has 28 heavy (non-hydrogen) atoms. The summed E-state index contributed by atoms with van der Waals surface area (Å²) in [4.78, 5) is 47.3. The van der Waals surface area contributed by atoms with Crippen LogP contribution in [0.1, 0.15) is 40.5 Å². The summed E-state index contributed by atoms with van der Waals surface area (Å²) in [6.45, 7) is 2.36. The molecule has 0 radical (unpaired) electrons. The fourth-order valence-electron chi connectivity index (χ4n) is 2.82. The standard InChI is InChI=1S/C17H15BrN4O6/c1-2-3-4-28-12-7-10(11(22(26)27)6-9(12)18)21-13(23)5-8-14(15(21)19)17(25)20-16(8)24/h5-7H,2-4,19H2,1H3,(H,20,24,25). The number of halogens is 1. The number of nitro groups is 1. The smallest absolute Gasteiger partial charge is 0.294 e. The van der Waals surface area contributed by atoms with Gasteiger partial charge in [0.1, 0.15) is 17.3 Å². The predicted octanol–water partition coefficient (Wildman–Crippen LogP) is 2.15. The van der Waals surface area contributed by atoms with Crippen LogP contribution < -0.4 is 21.3 Å².